The van der Waals surface area contributed by atoms with Gasteiger partial charge in [-0.2, -0.15) is 11.3 Å². The van der Waals surface area contributed by atoms with Crippen LogP contribution in [0.4, 0.5) is 0 Å². The maximum atomic E-state index is 4.79. The van der Waals surface area contributed by atoms with Gasteiger partial charge in [-0.25, -0.2) is 9.97 Å². The van der Waals surface area contributed by atoms with Crippen molar-refractivity contribution >= 4 is 22.7 Å². The molecule has 5 heterocycles. The van der Waals surface area contributed by atoms with Crippen molar-refractivity contribution in [2.45, 2.75) is 19.5 Å². The zero-order valence-corrected chi connectivity index (χ0v) is 16.3. The second kappa shape index (κ2) is 7.31. The van der Waals surface area contributed by atoms with Gasteiger partial charge in [0.2, 0.25) is 0 Å². The summed E-state index contributed by atoms with van der Waals surface area (Å²) in [5, 5.41) is 6.60. The Labute approximate surface area is 166 Å². The fourth-order valence-electron chi connectivity index (χ4n) is 3.41. The molecule has 0 bridgehead atoms. The summed E-state index contributed by atoms with van der Waals surface area (Å²) < 4.78 is 0. The molecule has 4 aromatic rings. The molecule has 134 valence electrons. The highest BCUT2D eigenvalue weighted by Crippen LogP contribution is 2.29. The molecule has 0 unspecified atom stereocenters. The van der Waals surface area contributed by atoms with Gasteiger partial charge in [0.15, 0.2) is 5.82 Å². The molecule has 0 saturated carbocycles. The van der Waals surface area contributed by atoms with Crippen LogP contribution >= 0.6 is 22.7 Å². The fourth-order valence-corrected chi connectivity index (χ4v) is 5.01. The quantitative estimate of drug-likeness (QED) is 0.498. The van der Waals surface area contributed by atoms with Gasteiger partial charge in [-0.1, -0.05) is 0 Å². The minimum Gasteiger partial charge on any atom is -0.293 e. The highest BCUT2D eigenvalue weighted by molar-refractivity contribution is 7.10. The van der Waals surface area contributed by atoms with E-state index in [1.165, 1.54) is 27.3 Å². The van der Waals surface area contributed by atoms with Gasteiger partial charge in [-0.15, -0.1) is 11.3 Å². The molecule has 6 heteroatoms. The van der Waals surface area contributed by atoms with Crippen molar-refractivity contribution in [1.82, 2.24) is 19.9 Å². The van der Waals surface area contributed by atoms with E-state index in [-0.39, 0.29) is 0 Å². The van der Waals surface area contributed by atoms with Crippen LogP contribution in [0.5, 0.6) is 0 Å². The van der Waals surface area contributed by atoms with E-state index < -0.39 is 0 Å². The fraction of sp³-hybridized carbons (Fsp3) is 0.190. The third-order valence-corrected chi connectivity index (χ3v) is 6.43. The first-order valence-corrected chi connectivity index (χ1v) is 10.7. The Balaban J connectivity index is 1.30. The summed E-state index contributed by atoms with van der Waals surface area (Å²) in [6.45, 7) is 2.93. The Morgan fingerprint density at radius 2 is 2.07 bits per heavy atom. The van der Waals surface area contributed by atoms with Crippen molar-refractivity contribution in [2.75, 3.05) is 6.54 Å². The lowest BCUT2D eigenvalue weighted by Crippen LogP contribution is -2.30. The molecule has 1 aliphatic heterocycles. The summed E-state index contributed by atoms with van der Waals surface area (Å²) in [7, 11) is 0. The van der Waals surface area contributed by atoms with E-state index in [9.17, 15) is 0 Å². The summed E-state index contributed by atoms with van der Waals surface area (Å²) in [4.78, 5) is 17.4. The molecule has 0 aliphatic carbocycles. The first kappa shape index (κ1) is 16.7. The van der Waals surface area contributed by atoms with Crippen LogP contribution in [-0.2, 0) is 19.5 Å². The molecule has 1 aliphatic rings. The second-order valence-electron chi connectivity index (χ2n) is 6.68. The number of rotatable bonds is 4. The molecule has 27 heavy (non-hydrogen) atoms. The molecule has 0 spiro atoms. The lowest BCUT2D eigenvalue weighted by molar-refractivity contribution is 0.245. The number of fused-ring (bicyclic) bond motifs is 1. The number of pyridine rings is 1. The third kappa shape index (κ3) is 3.56. The molecule has 0 atom stereocenters. The molecule has 5 rings (SSSR count). The number of aromatic nitrogens is 3. The monoisotopic (exact) mass is 390 g/mol. The van der Waals surface area contributed by atoms with Crippen molar-refractivity contribution < 1.29 is 0 Å². The van der Waals surface area contributed by atoms with Gasteiger partial charge in [0.05, 0.1) is 5.69 Å². The minimum absolute atomic E-state index is 0.772. The zero-order chi connectivity index (χ0) is 18.1. The lowest BCUT2D eigenvalue weighted by atomic mass is 10.1. The maximum absolute atomic E-state index is 4.79. The standard InChI is InChI=1S/C21H18N4S2/c1-2-15(9-22-5-1)21-23-10-18-11-25(6-3-20(18)24-21)12-19-8-17(14-27-19)16-4-7-26-13-16/h1-2,4-5,7-10,13-14H,3,6,11-12H2. The second-order valence-corrected chi connectivity index (χ2v) is 8.46. The number of hydrogen-bond acceptors (Lipinski definition) is 6. The van der Waals surface area contributed by atoms with Crippen LogP contribution in [0.1, 0.15) is 16.1 Å². The predicted molar refractivity (Wildman–Crippen MR) is 111 cm³/mol. The van der Waals surface area contributed by atoms with Crippen molar-refractivity contribution in [3.05, 3.63) is 75.1 Å². The van der Waals surface area contributed by atoms with Crippen LogP contribution in [0.15, 0.2) is 59.0 Å². The van der Waals surface area contributed by atoms with Gasteiger partial charge >= 0.3 is 0 Å². The van der Waals surface area contributed by atoms with Crippen LogP contribution in [0.3, 0.4) is 0 Å². The SMILES string of the molecule is c1cncc(-c2ncc3c(n2)CCN(Cc2cc(-c4ccsc4)cs2)C3)c1. The third-order valence-electron chi connectivity index (χ3n) is 4.82. The van der Waals surface area contributed by atoms with Gasteiger partial charge in [-0.3, -0.25) is 9.88 Å². The van der Waals surface area contributed by atoms with Crippen molar-refractivity contribution in [3.8, 4) is 22.5 Å². The van der Waals surface area contributed by atoms with Gasteiger partial charge in [-0.05, 0) is 51.5 Å². The molecular weight excluding hydrogens is 372 g/mol. The summed E-state index contributed by atoms with van der Waals surface area (Å²) in [5.74, 6) is 0.772. The first-order valence-electron chi connectivity index (χ1n) is 8.93. The topological polar surface area (TPSA) is 41.9 Å². The molecule has 4 nitrogen and oxygen atoms in total. The van der Waals surface area contributed by atoms with E-state index in [1.54, 1.807) is 17.5 Å². The predicted octanol–water partition coefficient (Wildman–Crippen LogP) is 4.89. The summed E-state index contributed by atoms with van der Waals surface area (Å²) >= 11 is 3.59. The van der Waals surface area contributed by atoms with Crippen LogP contribution in [0.25, 0.3) is 22.5 Å². The van der Waals surface area contributed by atoms with Crippen LogP contribution < -0.4 is 0 Å². The van der Waals surface area contributed by atoms with Gasteiger partial charge in [0.25, 0.3) is 0 Å². The molecule has 0 amide bonds. The maximum Gasteiger partial charge on any atom is 0.160 e. The normalized spacial score (nSPS) is 14.2. The van der Waals surface area contributed by atoms with Crippen LogP contribution in [0, 0.1) is 0 Å². The zero-order valence-electron chi connectivity index (χ0n) is 14.7. The average Bonchev–Trinajstić information content (AvgIpc) is 3.40. The summed E-state index contributed by atoms with van der Waals surface area (Å²) in [6, 6.07) is 8.44. The summed E-state index contributed by atoms with van der Waals surface area (Å²) in [5.41, 5.74) is 6.04. The van der Waals surface area contributed by atoms with Crippen LogP contribution in [-0.4, -0.2) is 26.4 Å². The minimum atomic E-state index is 0.772. The van der Waals surface area contributed by atoms with Crippen molar-refractivity contribution in [1.29, 1.82) is 0 Å². The van der Waals surface area contributed by atoms with E-state index in [2.05, 4.69) is 43.1 Å². The molecule has 0 fully saturated rings. The molecule has 0 saturated heterocycles. The Hall–Kier alpha value is -2.41. The smallest absolute Gasteiger partial charge is 0.160 e. The van der Waals surface area contributed by atoms with Crippen molar-refractivity contribution in [2.24, 2.45) is 0 Å². The average molecular weight is 391 g/mol. The van der Waals surface area contributed by atoms with E-state index in [0.717, 1.165) is 37.4 Å². The number of thiophene rings is 2. The van der Waals surface area contributed by atoms with Gasteiger partial charge < -0.3 is 0 Å². The molecular formula is C21H18N4S2. The van der Waals surface area contributed by atoms with Gasteiger partial charge in [0, 0.05) is 60.6 Å². The molecule has 0 aromatic carbocycles. The van der Waals surface area contributed by atoms with Crippen molar-refractivity contribution in [3.63, 3.8) is 0 Å². The van der Waals surface area contributed by atoms with Crippen LogP contribution in [0.2, 0.25) is 0 Å². The number of hydrogen-bond donors (Lipinski definition) is 0. The molecule has 0 N–H and O–H groups in total. The van der Waals surface area contributed by atoms with E-state index in [0.29, 0.717) is 0 Å². The number of nitrogens with zero attached hydrogens (tertiary/aromatic N) is 4. The highest BCUT2D eigenvalue weighted by Gasteiger charge is 2.19. The highest BCUT2D eigenvalue weighted by atomic mass is 32.1. The Morgan fingerprint density at radius 3 is 2.93 bits per heavy atom. The van der Waals surface area contributed by atoms with Gasteiger partial charge in [0.1, 0.15) is 0 Å². The molecule has 0 radical (unpaired) electrons. The molecule has 4 aromatic heterocycles. The van der Waals surface area contributed by atoms with E-state index in [4.69, 9.17) is 4.98 Å². The Morgan fingerprint density at radius 1 is 1.07 bits per heavy atom. The lowest BCUT2D eigenvalue weighted by Gasteiger charge is -2.27. The van der Waals surface area contributed by atoms with E-state index in [1.807, 2.05) is 35.9 Å². The Kier molecular flexibility index (Phi) is 4.53. The summed E-state index contributed by atoms with van der Waals surface area (Å²) in [6.07, 6.45) is 6.54. The van der Waals surface area contributed by atoms with E-state index >= 15 is 0 Å². The Bertz CT molecular complexity index is 1040. The first-order chi connectivity index (χ1) is 13.3. The largest absolute Gasteiger partial charge is 0.293 e.